The Morgan fingerprint density at radius 2 is 2.11 bits per heavy atom. The van der Waals surface area contributed by atoms with Gasteiger partial charge in [-0.05, 0) is 32.0 Å². The van der Waals surface area contributed by atoms with Crippen molar-refractivity contribution in [3.8, 4) is 0 Å². The van der Waals surface area contributed by atoms with E-state index in [2.05, 4.69) is 9.55 Å². The highest BCUT2D eigenvalue weighted by molar-refractivity contribution is 6.35. The third-order valence-corrected chi connectivity index (χ3v) is 3.47. The number of aryl methyl sites for hydroxylation is 2. The molecule has 0 bridgehead atoms. The molecule has 0 aliphatic carbocycles. The van der Waals surface area contributed by atoms with E-state index in [1.807, 2.05) is 44.3 Å². The maximum atomic E-state index is 6.15. The first kappa shape index (κ1) is 11.4. The maximum Gasteiger partial charge on any atom is 0.214 e. The Labute approximate surface area is 110 Å². The van der Waals surface area contributed by atoms with E-state index in [-0.39, 0.29) is 0 Å². The smallest absolute Gasteiger partial charge is 0.214 e. The van der Waals surface area contributed by atoms with Crippen LogP contribution in [0.15, 0.2) is 34.9 Å². The minimum atomic E-state index is 0.624. The second-order valence-corrected chi connectivity index (χ2v) is 4.77. The molecule has 18 heavy (non-hydrogen) atoms. The molecule has 92 valence electrons. The number of halogens is 1. The SMILES string of the molecule is Cc1nc(Cn2ccc3c(Cl)cccc32)oc1C. The lowest BCUT2D eigenvalue weighted by molar-refractivity contribution is 0.459. The van der Waals surface area contributed by atoms with Gasteiger partial charge in [0.25, 0.3) is 0 Å². The van der Waals surface area contributed by atoms with Gasteiger partial charge in [0, 0.05) is 22.1 Å². The molecule has 0 saturated carbocycles. The number of hydrogen-bond acceptors (Lipinski definition) is 2. The Bertz CT molecular complexity index is 692. The molecule has 3 nitrogen and oxygen atoms in total. The molecule has 3 rings (SSSR count). The fraction of sp³-hybridized carbons (Fsp3) is 0.214. The lowest BCUT2D eigenvalue weighted by atomic mass is 10.2. The average molecular weight is 261 g/mol. The van der Waals surface area contributed by atoms with Gasteiger partial charge in [0.15, 0.2) is 0 Å². The van der Waals surface area contributed by atoms with Gasteiger partial charge in [-0.2, -0.15) is 0 Å². The van der Waals surface area contributed by atoms with Gasteiger partial charge in [0.2, 0.25) is 5.89 Å². The van der Waals surface area contributed by atoms with Gasteiger partial charge in [0.05, 0.1) is 12.2 Å². The largest absolute Gasteiger partial charge is 0.444 e. The highest BCUT2D eigenvalue weighted by atomic mass is 35.5. The average Bonchev–Trinajstić information content (AvgIpc) is 2.86. The lowest BCUT2D eigenvalue weighted by Crippen LogP contribution is -1.97. The molecule has 2 aromatic heterocycles. The molecule has 4 heteroatoms. The molecule has 0 fully saturated rings. The molecule has 0 amide bonds. The Morgan fingerprint density at radius 3 is 2.83 bits per heavy atom. The molecule has 0 N–H and O–H groups in total. The predicted octanol–water partition coefficient (Wildman–Crippen LogP) is 3.95. The molecule has 0 aliphatic heterocycles. The molecule has 0 unspecified atom stereocenters. The first-order chi connectivity index (χ1) is 8.65. The van der Waals surface area contributed by atoms with Crippen LogP contribution >= 0.6 is 11.6 Å². The van der Waals surface area contributed by atoms with E-state index in [9.17, 15) is 0 Å². The van der Waals surface area contributed by atoms with Crippen LogP contribution in [-0.2, 0) is 6.54 Å². The van der Waals surface area contributed by atoms with Crippen molar-refractivity contribution in [2.24, 2.45) is 0 Å². The first-order valence-corrected chi connectivity index (χ1v) is 6.19. The standard InChI is InChI=1S/C14H13ClN2O/c1-9-10(2)18-14(16-9)8-17-7-6-11-12(15)4-3-5-13(11)17/h3-7H,8H2,1-2H3. The van der Waals surface area contributed by atoms with Crippen LogP contribution < -0.4 is 0 Å². The van der Waals surface area contributed by atoms with Crippen molar-refractivity contribution in [2.45, 2.75) is 20.4 Å². The summed E-state index contributed by atoms with van der Waals surface area (Å²) in [6.07, 6.45) is 2.01. The molecule has 1 aromatic carbocycles. The van der Waals surface area contributed by atoms with Crippen molar-refractivity contribution in [1.29, 1.82) is 0 Å². The highest BCUT2D eigenvalue weighted by Gasteiger charge is 2.09. The van der Waals surface area contributed by atoms with E-state index >= 15 is 0 Å². The van der Waals surface area contributed by atoms with E-state index in [0.29, 0.717) is 6.54 Å². The van der Waals surface area contributed by atoms with Crippen molar-refractivity contribution >= 4 is 22.5 Å². The molecule has 0 atom stereocenters. The Balaban J connectivity index is 2.02. The van der Waals surface area contributed by atoms with E-state index in [0.717, 1.165) is 33.3 Å². The zero-order chi connectivity index (χ0) is 12.7. The van der Waals surface area contributed by atoms with Crippen LogP contribution in [-0.4, -0.2) is 9.55 Å². The minimum Gasteiger partial charge on any atom is -0.444 e. The van der Waals surface area contributed by atoms with Gasteiger partial charge in [-0.25, -0.2) is 4.98 Å². The number of benzene rings is 1. The lowest BCUT2D eigenvalue weighted by Gasteiger charge is -2.02. The van der Waals surface area contributed by atoms with Gasteiger partial charge >= 0.3 is 0 Å². The maximum absolute atomic E-state index is 6.15. The van der Waals surface area contributed by atoms with Gasteiger partial charge in [-0.3, -0.25) is 0 Å². The molecule has 2 heterocycles. The van der Waals surface area contributed by atoms with Crippen LogP contribution in [0.25, 0.3) is 10.9 Å². The number of aromatic nitrogens is 2. The molecule has 0 saturated heterocycles. The molecule has 0 spiro atoms. The summed E-state index contributed by atoms with van der Waals surface area (Å²) in [6.45, 7) is 4.50. The second-order valence-electron chi connectivity index (χ2n) is 4.37. The quantitative estimate of drug-likeness (QED) is 0.699. The van der Waals surface area contributed by atoms with Crippen LogP contribution in [0.3, 0.4) is 0 Å². The van der Waals surface area contributed by atoms with Crippen molar-refractivity contribution < 1.29 is 4.42 Å². The van der Waals surface area contributed by atoms with Crippen molar-refractivity contribution in [1.82, 2.24) is 9.55 Å². The highest BCUT2D eigenvalue weighted by Crippen LogP contribution is 2.24. The van der Waals surface area contributed by atoms with Crippen LogP contribution in [0.1, 0.15) is 17.3 Å². The van der Waals surface area contributed by atoms with Gasteiger partial charge in [-0.15, -0.1) is 0 Å². The molecule has 0 radical (unpaired) electrons. The van der Waals surface area contributed by atoms with Crippen LogP contribution in [0, 0.1) is 13.8 Å². The topological polar surface area (TPSA) is 31.0 Å². The van der Waals surface area contributed by atoms with Crippen molar-refractivity contribution in [3.05, 3.63) is 52.8 Å². The summed E-state index contributed by atoms with van der Waals surface area (Å²) in [5, 5.41) is 1.82. The molecular formula is C14H13ClN2O. The Morgan fingerprint density at radius 1 is 1.28 bits per heavy atom. The zero-order valence-electron chi connectivity index (χ0n) is 10.3. The summed E-state index contributed by atoms with van der Waals surface area (Å²) in [7, 11) is 0. The zero-order valence-corrected chi connectivity index (χ0v) is 11.0. The fourth-order valence-corrected chi connectivity index (χ4v) is 2.31. The third-order valence-electron chi connectivity index (χ3n) is 3.14. The number of nitrogens with zero attached hydrogens (tertiary/aromatic N) is 2. The minimum absolute atomic E-state index is 0.624. The summed E-state index contributed by atoms with van der Waals surface area (Å²) in [5.41, 5.74) is 2.04. The van der Waals surface area contributed by atoms with Crippen LogP contribution in [0.2, 0.25) is 5.02 Å². The predicted molar refractivity (Wildman–Crippen MR) is 72.0 cm³/mol. The van der Waals surface area contributed by atoms with Crippen LogP contribution in [0.5, 0.6) is 0 Å². The second kappa shape index (κ2) is 4.18. The van der Waals surface area contributed by atoms with E-state index < -0.39 is 0 Å². The molecule has 0 aliphatic rings. The number of fused-ring (bicyclic) bond motifs is 1. The summed E-state index contributed by atoms with van der Waals surface area (Å²) >= 11 is 6.15. The fourth-order valence-electron chi connectivity index (χ4n) is 2.08. The number of hydrogen-bond donors (Lipinski definition) is 0. The summed E-state index contributed by atoms with van der Waals surface area (Å²) < 4.78 is 7.69. The van der Waals surface area contributed by atoms with Crippen LogP contribution in [0.4, 0.5) is 0 Å². The third kappa shape index (κ3) is 1.81. The van der Waals surface area contributed by atoms with Crippen molar-refractivity contribution in [3.63, 3.8) is 0 Å². The Kier molecular flexibility index (Phi) is 2.63. The number of oxazole rings is 1. The molecule has 3 aromatic rings. The first-order valence-electron chi connectivity index (χ1n) is 5.81. The van der Waals surface area contributed by atoms with Gasteiger partial charge < -0.3 is 8.98 Å². The van der Waals surface area contributed by atoms with E-state index in [4.69, 9.17) is 16.0 Å². The summed E-state index contributed by atoms with van der Waals surface area (Å²) in [6, 6.07) is 7.91. The summed E-state index contributed by atoms with van der Waals surface area (Å²) in [5.74, 6) is 1.60. The van der Waals surface area contributed by atoms with Gasteiger partial charge in [0.1, 0.15) is 5.76 Å². The number of rotatable bonds is 2. The van der Waals surface area contributed by atoms with Crippen molar-refractivity contribution in [2.75, 3.05) is 0 Å². The monoisotopic (exact) mass is 260 g/mol. The normalized spacial score (nSPS) is 11.3. The molecular weight excluding hydrogens is 248 g/mol. The van der Waals surface area contributed by atoms with Gasteiger partial charge in [-0.1, -0.05) is 17.7 Å². The Hall–Kier alpha value is -1.74. The van der Waals surface area contributed by atoms with E-state index in [1.54, 1.807) is 0 Å². The summed E-state index contributed by atoms with van der Waals surface area (Å²) in [4.78, 5) is 4.39. The van der Waals surface area contributed by atoms with E-state index in [1.165, 1.54) is 0 Å².